The molecule has 0 aliphatic heterocycles. The summed E-state index contributed by atoms with van der Waals surface area (Å²) in [5, 5.41) is 24.6. The highest BCUT2D eigenvalue weighted by molar-refractivity contribution is 5.95. The van der Waals surface area contributed by atoms with E-state index in [2.05, 4.69) is 5.32 Å². The van der Waals surface area contributed by atoms with Gasteiger partial charge in [-0.2, -0.15) is 0 Å². The molecule has 4 atom stereocenters. The maximum atomic E-state index is 12.5. The number of carboxylic acid groups (broad SMARTS) is 2. The molecule has 1 amide bonds. The molecule has 0 radical (unpaired) electrons. The van der Waals surface area contributed by atoms with Gasteiger partial charge in [0.2, 0.25) is 5.91 Å². The molecule has 0 aromatic heterocycles. The first-order chi connectivity index (χ1) is 11.0. The smallest absolute Gasteiger partial charge is 0.228 e. The zero-order valence-electron chi connectivity index (χ0n) is 12.5. The summed E-state index contributed by atoms with van der Waals surface area (Å²) in [6.07, 6.45) is 2.33. The van der Waals surface area contributed by atoms with Crippen LogP contribution in [0.25, 0.3) is 0 Å². The van der Waals surface area contributed by atoms with E-state index in [-0.39, 0.29) is 24.2 Å². The summed E-state index contributed by atoms with van der Waals surface area (Å²) < 4.78 is 0. The Morgan fingerprint density at radius 2 is 1.61 bits per heavy atom. The minimum atomic E-state index is -1.17. The fourth-order valence-corrected chi connectivity index (χ4v) is 4.11. The Morgan fingerprint density at radius 3 is 2.17 bits per heavy atom. The number of amides is 1. The second kappa shape index (κ2) is 6.02. The summed E-state index contributed by atoms with van der Waals surface area (Å²) in [6.45, 7) is 0. The van der Waals surface area contributed by atoms with Crippen LogP contribution in [0.4, 0.5) is 5.69 Å². The van der Waals surface area contributed by atoms with E-state index in [1.54, 1.807) is 24.3 Å². The van der Waals surface area contributed by atoms with Crippen molar-refractivity contribution in [2.75, 3.05) is 5.32 Å². The van der Waals surface area contributed by atoms with Crippen LogP contribution < -0.4 is 15.5 Å². The third kappa shape index (κ3) is 3.06. The number of carboxylic acids is 2. The van der Waals surface area contributed by atoms with Crippen LogP contribution in [-0.4, -0.2) is 17.8 Å². The van der Waals surface area contributed by atoms with Crippen LogP contribution >= 0.6 is 0 Å². The Kier molecular flexibility index (Phi) is 4.07. The Labute approximate surface area is 133 Å². The quantitative estimate of drug-likeness (QED) is 0.775. The summed E-state index contributed by atoms with van der Waals surface area (Å²) in [5.41, 5.74) is 1.10. The molecule has 3 rings (SSSR count). The van der Waals surface area contributed by atoms with Crippen LogP contribution in [0.1, 0.15) is 24.8 Å². The van der Waals surface area contributed by atoms with Crippen molar-refractivity contribution >= 4 is 23.5 Å². The van der Waals surface area contributed by atoms with Gasteiger partial charge >= 0.3 is 0 Å². The van der Waals surface area contributed by atoms with Gasteiger partial charge < -0.3 is 25.1 Å². The predicted octanol–water partition coefficient (Wildman–Crippen LogP) is -0.670. The lowest BCUT2D eigenvalue weighted by Crippen LogP contribution is -2.43. The molecule has 1 aromatic carbocycles. The second-order valence-corrected chi connectivity index (χ2v) is 6.44. The van der Waals surface area contributed by atoms with Crippen LogP contribution in [0, 0.1) is 23.7 Å². The van der Waals surface area contributed by atoms with Crippen molar-refractivity contribution in [1.29, 1.82) is 0 Å². The number of rotatable bonds is 5. The highest BCUT2D eigenvalue weighted by Gasteiger charge is 2.51. The number of fused-ring (bicyclic) bond motifs is 2. The zero-order valence-corrected chi connectivity index (χ0v) is 12.5. The maximum absolute atomic E-state index is 12.5. The molecule has 2 aliphatic rings. The number of benzene rings is 1. The monoisotopic (exact) mass is 315 g/mol. The number of carbonyl (C=O) groups excluding carboxylic acids is 3. The molecule has 0 unspecified atom stereocenters. The maximum Gasteiger partial charge on any atom is 0.228 e. The van der Waals surface area contributed by atoms with Crippen LogP contribution in [0.2, 0.25) is 0 Å². The first-order valence-electron chi connectivity index (χ1n) is 7.76. The van der Waals surface area contributed by atoms with E-state index in [1.807, 2.05) is 0 Å². The van der Waals surface area contributed by atoms with E-state index in [1.165, 1.54) is 0 Å². The zero-order chi connectivity index (χ0) is 16.6. The molecule has 2 saturated carbocycles. The molecule has 2 bridgehead atoms. The van der Waals surface area contributed by atoms with E-state index in [4.69, 9.17) is 0 Å². The van der Waals surface area contributed by atoms with Crippen LogP contribution in [-0.2, 0) is 20.8 Å². The Balaban J connectivity index is 1.69. The largest absolute Gasteiger partial charge is 0.550 e. The number of aliphatic carboxylic acids is 2. The van der Waals surface area contributed by atoms with Crippen molar-refractivity contribution in [1.82, 2.24) is 0 Å². The molecular weight excluding hydrogens is 298 g/mol. The third-order valence-corrected chi connectivity index (χ3v) is 5.06. The topological polar surface area (TPSA) is 109 Å². The van der Waals surface area contributed by atoms with Gasteiger partial charge in [-0.3, -0.25) is 4.79 Å². The lowest BCUT2D eigenvalue weighted by molar-refractivity contribution is -0.314. The average Bonchev–Trinajstić information content (AvgIpc) is 3.09. The number of carbonyl (C=O) groups is 3. The summed E-state index contributed by atoms with van der Waals surface area (Å²) in [6, 6.07) is 6.42. The molecule has 1 N–H and O–H groups in total. The van der Waals surface area contributed by atoms with Gasteiger partial charge in [0.15, 0.2) is 0 Å². The summed E-state index contributed by atoms with van der Waals surface area (Å²) in [4.78, 5) is 34.4. The molecule has 122 valence electrons. The highest BCUT2D eigenvalue weighted by atomic mass is 16.4. The standard InChI is InChI=1S/C17H19NO5/c19-13(20)7-9-1-5-12(6-2-9)18-16(21)14-10-3-4-11(8-10)15(14)17(22)23/h1-2,5-6,10-11,14-15H,3-4,7-8H2,(H,18,21)(H,19,20)(H,22,23)/p-2/t10-,11+,14+,15+/m1/s1. The van der Waals surface area contributed by atoms with Crippen LogP contribution in [0.15, 0.2) is 24.3 Å². The van der Waals surface area contributed by atoms with Gasteiger partial charge in [0.25, 0.3) is 0 Å². The molecule has 1 aromatic rings. The van der Waals surface area contributed by atoms with E-state index >= 15 is 0 Å². The minimum absolute atomic E-state index is 0.0474. The SMILES string of the molecule is O=C([O-])Cc1ccc(NC(=O)[C@H]2[C@@H]3CC[C@@H](C3)[C@@H]2C(=O)[O-])cc1. The van der Waals surface area contributed by atoms with E-state index < -0.39 is 23.8 Å². The molecule has 2 aliphatic carbocycles. The number of hydrogen-bond acceptors (Lipinski definition) is 5. The van der Waals surface area contributed by atoms with Gasteiger partial charge in [0.1, 0.15) is 0 Å². The minimum Gasteiger partial charge on any atom is -0.550 e. The predicted molar refractivity (Wildman–Crippen MR) is 76.6 cm³/mol. The molecule has 0 spiro atoms. The van der Waals surface area contributed by atoms with E-state index in [0.29, 0.717) is 11.3 Å². The van der Waals surface area contributed by atoms with Gasteiger partial charge in [0.05, 0.1) is 0 Å². The van der Waals surface area contributed by atoms with Crippen molar-refractivity contribution in [3.05, 3.63) is 29.8 Å². The van der Waals surface area contributed by atoms with Crippen molar-refractivity contribution in [3.63, 3.8) is 0 Å². The first kappa shape index (κ1) is 15.5. The number of anilines is 1. The second-order valence-electron chi connectivity index (χ2n) is 6.44. The number of nitrogens with one attached hydrogen (secondary N) is 1. The fraction of sp³-hybridized carbons (Fsp3) is 0.471. The molecular formula is C17H17NO5-2. The fourth-order valence-electron chi connectivity index (χ4n) is 4.11. The van der Waals surface area contributed by atoms with Gasteiger partial charge in [0, 0.05) is 35.9 Å². The molecule has 0 saturated heterocycles. The normalized spacial score (nSPS) is 28.5. The van der Waals surface area contributed by atoms with Crippen LogP contribution in [0.5, 0.6) is 0 Å². The van der Waals surface area contributed by atoms with Crippen molar-refractivity contribution in [2.45, 2.75) is 25.7 Å². The lowest BCUT2D eigenvalue weighted by Gasteiger charge is -2.30. The summed E-state index contributed by atoms with van der Waals surface area (Å²) >= 11 is 0. The first-order valence-corrected chi connectivity index (χ1v) is 7.76. The van der Waals surface area contributed by atoms with Crippen molar-refractivity contribution in [3.8, 4) is 0 Å². The Hall–Kier alpha value is -2.37. The Bertz CT molecular complexity index is 639. The van der Waals surface area contributed by atoms with Crippen molar-refractivity contribution in [2.24, 2.45) is 23.7 Å². The molecule has 23 heavy (non-hydrogen) atoms. The third-order valence-electron chi connectivity index (χ3n) is 5.06. The molecule has 6 heteroatoms. The van der Waals surface area contributed by atoms with Gasteiger partial charge in [-0.1, -0.05) is 12.1 Å². The summed E-state index contributed by atoms with van der Waals surface area (Å²) in [5.74, 6) is -3.68. The average molecular weight is 315 g/mol. The van der Waals surface area contributed by atoms with Gasteiger partial charge in [-0.05, 0) is 48.8 Å². The van der Waals surface area contributed by atoms with E-state index in [9.17, 15) is 24.6 Å². The summed E-state index contributed by atoms with van der Waals surface area (Å²) in [7, 11) is 0. The van der Waals surface area contributed by atoms with Crippen molar-refractivity contribution < 1.29 is 24.6 Å². The Morgan fingerprint density at radius 1 is 1.00 bits per heavy atom. The molecule has 0 heterocycles. The molecule has 6 nitrogen and oxygen atoms in total. The lowest BCUT2D eigenvalue weighted by atomic mass is 9.78. The number of hydrogen-bond donors (Lipinski definition) is 1. The van der Waals surface area contributed by atoms with Gasteiger partial charge in [-0.25, -0.2) is 0 Å². The van der Waals surface area contributed by atoms with Crippen LogP contribution in [0.3, 0.4) is 0 Å². The highest BCUT2D eigenvalue weighted by Crippen LogP contribution is 2.52. The molecule has 2 fully saturated rings. The van der Waals surface area contributed by atoms with Gasteiger partial charge in [-0.15, -0.1) is 0 Å². The van der Waals surface area contributed by atoms with E-state index in [0.717, 1.165) is 19.3 Å².